The number of amides is 2. The Morgan fingerprint density at radius 3 is 2.46 bits per heavy atom. The van der Waals surface area contributed by atoms with Crippen molar-refractivity contribution in [2.75, 3.05) is 17.7 Å². The van der Waals surface area contributed by atoms with Crippen molar-refractivity contribution in [3.63, 3.8) is 0 Å². The second kappa shape index (κ2) is 9.36. The number of thiophene rings is 1. The summed E-state index contributed by atoms with van der Waals surface area (Å²) in [6.45, 7) is 5.40. The summed E-state index contributed by atoms with van der Waals surface area (Å²) in [5.74, 6) is -1.37. The van der Waals surface area contributed by atoms with Crippen molar-refractivity contribution >= 4 is 39.8 Å². The molecular weight excluding hydrogens is 380 g/mol. The molecule has 150 valence electrons. The van der Waals surface area contributed by atoms with Gasteiger partial charge in [-0.05, 0) is 37.5 Å². The quantitative estimate of drug-likeness (QED) is 0.615. The Bertz CT molecular complexity index is 891. The van der Waals surface area contributed by atoms with E-state index in [0.717, 1.165) is 10.4 Å². The number of aryl methyl sites for hydroxylation is 1. The first kappa shape index (κ1) is 21.4. The molecular formula is C20H24N2O5S. The predicted molar refractivity (Wildman–Crippen MR) is 109 cm³/mol. The van der Waals surface area contributed by atoms with Crippen molar-refractivity contribution in [3.8, 4) is 5.75 Å². The Kier molecular flexibility index (Phi) is 7.17. The lowest BCUT2D eigenvalue weighted by atomic mass is 10.0. The van der Waals surface area contributed by atoms with E-state index in [2.05, 4.69) is 10.6 Å². The monoisotopic (exact) mass is 404 g/mol. The Hall–Kier alpha value is -2.87. The molecule has 0 aliphatic heterocycles. The van der Waals surface area contributed by atoms with Crippen molar-refractivity contribution in [1.82, 2.24) is 0 Å². The second-order valence-corrected chi connectivity index (χ2v) is 7.82. The molecule has 0 aliphatic carbocycles. The smallest absolute Gasteiger partial charge is 0.303 e. The topological polar surface area (TPSA) is 105 Å². The fourth-order valence-electron chi connectivity index (χ4n) is 2.79. The number of nitrogens with one attached hydrogen (secondary N) is 2. The molecule has 0 aliphatic rings. The fourth-order valence-corrected chi connectivity index (χ4v) is 3.86. The highest BCUT2D eigenvalue weighted by atomic mass is 32.1. The number of carboxylic acids is 1. The zero-order chi connectivity index (χ0) is 20.8. The lowest BCUT2D eigenvalue weighted by Crippen LogP contribution is -2.19. The van der Waals surface area contributed by atoms with Crippen molar-refractivity contribution in [2.45, 2.75) is 33.6 Å². The first-order valence-corrected chi connectivity index (χ1v) is 9.60. The zero-order valence-corrected chi connectivity index (χ0v) is 17.1. The summed E-state index contributed by atoms with van der Waals surface area (Å²) in [6.07, 6.45) is -0.0209. The van der Waals surface area contributed by atoms with E-state index >= 15 is 0 Å². The standard InChI is InChI=1S/C20H24N2O5S/c1-11(10-17(24)25)9-16(23)22-20-18(12(2)13(3)28-20)19(26)21-14-7-5-6-8-15(14)27-4/h5-8,11H,9-10H2,1-4H3,(H,21,26)(H,22,23)(H,24,25). The normalized spacial score (nSPS) is 11.6. The van der Waals surface area contributed by atoms with Gasteiger partial charge in [-0.25, -0.2) is 0 Å². The van der Waals surface area contributed by atoms with Crippen LogP contribution in [-0.4, -0.2) is 30.0 Å². The molecule has 0 saturated carbocycles. The minimum Gasteiger partial charge on any atom is -0.495 e. The van der Waals surface area contributed by atoms with Crippen molar-refractivity contribution < 1.29 is 24.2 Å². The SMILES string of the molecule is COc1ccccc1NC(=O)c1c(NC(=O)CC(C)CC(=O)O)sc(C)c1C. The fraction of sp³-hybridized carbons (Fsp3) is 0.350. The van der Waals surface area contributed by atoms with Gasteiger partial charge in [0.25, 0.3) is 5.91 Å². The summed E-state index contributed by atoms with van der Waals surface area (Å²) in [4.78, 5) is 36.9. The predicted octanol–water partition coefficient (Wildman–Crippen LogP) is 4.07. The van der Waals surface area contributed by atoms with Gasteiger partial charge in [0.1, 0.15) is 10.8 Å². The molecule has 8 heteroatoms. The minimum atomic E-state index is -0.944. The minimum absolute atomic E-state index is 0.0653. The Morgan fingerprint density at radius 1 is 1.14 bits per heavy atom. The summed E-state index contributed by atoms with van der Waals surface area (Å²) < 4.78 is 5.26. The van der Waals surface area contributed by atoms with Gasteiger partial charge in [-0.3, -0.25) is 14.4 Å². The number of aliphatic carboxylic acids is 1. The van der Waals surface area contributed by atoms with Crippen LogP contribution in [0.2, 0.25) is 0 Å². The van der Waals surface area contributed by atoms with Crippen LogP contribution in [0.1, 0.15) is 40.6 Å². The lowest BCUT2D eigenvalue weighted by Gasteiger charge is -2.12. The summed E-state index contributed by atoms with van der Waals surface area (Å²) in [7, 11) is 1.52. The van der Waals surface area contributed by atoms with E-state index in [9.17, 15) is 14.4 Å². The molecule has 2 amide bonds. The van der Waals surface area contributed by atoms with E-state index in [1.54, 1.807) is 31.2 Å². The van der Waals surface area contributed by atoms with Gasteiger partial charge in [0.05, 0.1) is 18.4 Å². The summed E-state index contributed by atoms with van der Waals surface area (Å²) in [6, 6.07) is 7.07. The van der Waals surface area contributed by atoms with E-state index in [1.165, 1.54) is 18.4 Å². The molecule has 28 heavy (non-hydrogen) atoms. The molecule has 1 aromatic heterocycles. The third-order valence-electron chi connectivity index (χ3n) is 4.28. The van der Waals surface area contributed by atoms with Gasteiger partial charge in [0.15, 0.2) is 0 Å². The van der Waals surface area contributed by atoms with Gasteiger partial charge in [-0.2, -0.15) is 0 Å². The molecule has 0 saturated heterocycles. The molecule has 1 aromatic carbocycles. The molecule has 0 radical (unpaired) electrons. The number of para-hydroxylation sites is 2. The third kappa shape index (κ3) is 5.32. The molecule has 1 atom stereocenters. The van der Waals surface area contributed by atoms with Crippen LogP contribution in [0, 0.1) is 19.8 Å². The molecule has 3 N–H and O–H groups in total. The maximum absolute atomic E-state index is 12.9. The number of hydrogen-bond donors (Lipinski definition) is 3. The van der Waals surface area contributed by atoms with E-state index in [4.69, 9.17) is 9.84 Å². The number of carbonyl (C=O) groups is 3. The number of ether oxygens (including phenoxy) is 1. The van der Waals surface area contributed by atoms with E-state index in [1.807, 2.05) is 13.8 Å². The molecule has 2 rings (SSSR count). The van der Waals surface area contributed by atoms with Crippen LogP contribution in [0.3, 0.4) is 0 Å². The van der Waals surface area contributed by atoms with Crippen LogP contribution in [0.5, 0.6) is 5.75 Å². The Balaban J connectivity index is 2.20. The molecule has 0 fully saturated rings. The third-order valence-corrected chi connectivity index (χ3v) is 5.40. The number of rotatable bonds is 8. The van der Waals surface area contributed by atoms with E-state index < -0.39 is 5.97 Å². The van der Waals surface area contributed by atoms with Crippen LogP contribution in [0.15, 0.2) is 24.3 Å². The number of methoxy groups -OCH3 is 1. The highest BCUT2D eigenvalue weighted by molar-refractivity contribution is 7.16. The van der Waals surface area contributed by atoms with Crippen LogP contribution in [0.25, 0.3) is 0 Å². The highest BCUT2D eigenvalue weighted by Gasteiger charge is 2.23. The Morgan fingerprint density at radius 2 is 1.82 bits per heavy atom. The Labute approximate surface area is 167 Å². The first-order chi connectivity index (χ1) is 13.2. The number of benzene rings is 1. The number of hydrogen-bond acceptors (Lipinski definition) is 5. The average molecular weight is 404 g/mol. The summed E-state index contributed by atoms with van der Waals surface area (Å²) in [5, 5.41) is 14.9. The van der Waals surface area contributed by atoms with Crippen LogP contribution >= 0.6 is 11.3 Å². The van der Waals surface area contributed by atoms with Crippen molar-refractivity contribution in [2.24, 2.45) is 5.92 Å². The van der Waals surface area contributed by atoms with Gasteiger partial charge in [-0.15, -0.1) is 11.3 Å². The number of carboxylic acid groups (broad SMARTS) is 1. The van der Waals surface area contributed by atoms with Gasteiger partial charge in [-0.1, -0.05) is 19.1 Å². The van der Waals surface area contributed by atoms with Gasteiger partial charge >= 0.3 is 5.97 Å². The molecule has 0 bridgehead atoms. The summed E-state index contributed by atoms with van der Waals surface area (Å²) >= 11 is 1.32. The van der Waals surface area contributed by atoms with Crippen LogP contribution in [-0.2, 0) is 9.59 Å². The molecule has 1 unspecified atom stereocenters. The van der Waals surface area contributed by atoms with Crippen molar-refractivity contribution in [1.29, 1.82) is 0 Å². The van der Waals surface area contributed by atoms with Crippen LogP contribution in [0.4, 0.5) is 10.7 Å². The first-order valence-electron chi connectivity index (χ1n) is 8.78. The van der Waals surface area contributed by atoms with Gasteiger partial charge < -0.3 is 20.5 Å². The molecule has 1 heterocycles. The molecule has 2 aromatic rings. The van der Waals surface area contributed by atoms with Crippen LogP contribution < -0.4 is 15.4 Å². The number of carbonyl (C=O) groups excluding carboxylic acids is 2. The zero-order valence-electron chi connectivity index (χ0n) is 16.3. The second-order valence-electron chi connectivity index (χ2n) is 6.60. The lowest BCUT2D eigenvalue weighted by molar-refractivity contribution is -0.138. The van der Waals surface area contributed by atoms with Crippen molar-refractivity contribution in [3.05, 3.63) is 40.3 Å². The average Bonchev–Trinajstić information content (AvgIpc) is 2.88. The maximum atomic E-state index is 12.9. The molecule has 7 nitrogen and oxygen atoms in total. The largest absolute Gasteiger partial charge is 0.495 e. The molecule has 0 spiro atoms. The van der Waals surface area contributed by atoms with E-state index in [-0.39, 0.29) is 30.6 Å². The highest BCUT2D eigenvalue weighted by Crippen LogP contribution is 2.34. The van der Waals surface area contributed by atoms with E-state index in [0.29, 0.717) is 22.0 Å². The number of anilines is 2. The summed E-state index contributed by atoms with van der Waals surface area (Å²) in [5.41, 5.74) is 1.71. The van der Waals surface area contributed by atoms with Gasteiger partial charge in [0, 0.05) is 17.7 Å². The van der Waals surface area contributed by atoms with Gasteiger partial charge in [0.2, 0.25) is 5.91 Å². The maximum Gasteiger partial charge on any atom is 0.303 e.